The van der Waals surface area contributed by atoms with Gasteiger partial charge in [-0.25, -0.2) is 19.3 Å². The SMILES string of the molecule is CC(=O)Cc1ncc(CN2CCCNC(Cc3ncc(F)cn3)C2)s1. The molecule has 3 rings (SSSR count). The highest BCUT2D eigenvalue weighted by Gasteiger charge is 2.20. The number of halogens is 1. The largest absolute Gasteiger partial charge is 0.312 e. The van der Waals surface area contributed by atoms with Crippen LogP contribution in [0.4, 0.5) is 4.39 Å². The van der Waals surface area contributed by atoms with Crippen molar-refractivity contribution in [1.82, 2.24) is 25.2 Å². The van der Waals surface area contributed by atoms with E-state index in [0.717, 1.165) is 37.6 Å². The molecule has 6 nitrogen and oxygen atoms in total. The molecule has 3 heterocycles. The summed E-state index contributed by atoms with van der Waals surface area (Å²) in [5, 5.41) is 4.40. The van der Waals surface area contributed by atoms with Gasteiger partial charge >= 0.3 is 0 Å². The van der Waals surface area contributed by atoms with Gasteiger partial charge in [0.05, 0.1) is 18.8 Å². The highest BCUT2D eigenvalue weighted by molar-refractivity contribution is 7.11. The molecule has 0 amide bonds. The first kappa shape index (κ1) is 18.0. The van der Waals surface area contributed by atoms with E-state index in [-0.39, 0.29) is 11.8 Å². The zero-order chi connectivity index (χ0) is 17.6. The van der Waals surface area contributed by atoms with Crippen LogP contribution in [0.3, 0.4) is 0 Å². The number of aromatic nitrogens is 3. The molecule has 1 N–H and O–H groups in total. The van der Waals surface area contributed by atoms with Crippen LogP contribution in [0.2, 0.25) is 0 Å². The fraction of sp³-hybridized carbons (Fsp3) is 0.529. The molecule has 1 aliphatic heterocycles. The minimum Gasteiger partial charge on any atom is -0.312 e. The summed E-state index contributed by atoms with van der Waals surface area (Å²) in [5.41, 5.74) is 0. The Bertz CT molecular complexity index is 705. The fourth-order valence-electron chi connectivity index (χ4n) is 2.96. The van der Waals surface area contributed by atoms with Gasteiger partial charge in [0.1, 0.15) is 16.6 Å². The lowest BCUT2D eigenvalue weighted by atomic mass is 10.2. The van der Waals surface area contributed by atoms with Gasteiger partial charge in [0, 0.05) is 36.6 Å². The molecule has 25 heavy (non-hydrogen) atoms. The minimum absolute atomic E-state index is 0.138. The molecule has 2 aromatic heterocycles. The molecule has 1 aliphatic rings. The van der Waals surface area contributed by atoms with Crippen LogP contribution >= 0.6 is 11.3 Å². The Morgan fingerprint density at radius 3 is 2.92 bits per heavy atom. The van der Waals surface area contributed by atoms with E-state index in [1.54, 1.807) is 18.3 Å². The van der Waals surface area contributed by atoms with E-state index in [0.29, 0.717) is 18.7 Å². The monoisotopic (exact) mass is 363 g/mol. The fourth-order valence-corrected chi connectivity index (χ4v) is 3.99. The Morgan fingerprint density at radius 2 is 2.16 bits per heavy atom. The van der Waals surface area contributed by atoms with Gasteiger partial charge in [-0.3, -0.25) is 9.69 Å². The second-order valence-electron chi connectivity index (χ2n) is 6.36. The first-order valence-electron chi connectivity index (χ1n) is 8.43. The number of nitrogens with one attached hydrogen (secondary N) is 1. The van der Waals surface area contributed by atoms with E-state index >= 15 is 0 Å². The number of carbonyl (C=O) groups excluding carboxylic acids is 1. The van der Waals surface area contributed by atoms with Crippen molar-refractivity contribution in [3.05, 3.63) is 40.1 Å². The average molecular weight is 363 g/mol. The van der Waals surface area contributed by atoms with Gasteiger partial charge in [0.2, 0.25) is 0 Å². The van der Waals surface area contributed by atoms with Gasteiger partial charge in [0.15, 0.2) is 5.82 Å². The summed E-state index contributed by atoms with van der Waals surface area (Å²) in [6.07, 6.45) is 6.46. The third-order valence-corrected chi connectivity index (χ3v) is 5.03. The summed E-state index contributed by atoms with van der Waals surface area (Å²) < 4.78 is 12.9. The summed E-state index contributed by atoms with van der Waals surface area (Å²) in [6, 6.07) is 0.234. The van der Waals surface area contributed by atoms with Crippen molar-refractivity contribution in [1.29, 1.82) is 0 Å². The number of carbonyl (C=O) groups is 1. The number of thiazole rings is 1. The van der Waals surface area contributed by atoms with Crippen molar-refractivity contribution < 1.29 is 9.18 Å². The Balaban J connectivity index is 1.58. The van der Waals surface area contributed by atoms with Crippen LogP contribution < -0.4 is 5.32 Å². The number of Topliss-reactive ketones (excluding diaryl/α,β-unsaturated/α-hetero) is 1. The Kier molecular flexibility index (Phi) is 6.17. The quantitative estimate of drug-likeness (QED) is 0.841. The molecule has 0 spiro atoms. The van der Waals surface area contributed by atoms with Crippen molar-refractivity contribution in [3.8, 4) is 0 Å². The summed E-state index contributed by atoms with van der Waals surface area (Å²) in [5.74, 6) is 0.382. The predicted octanol–water partition coefficient (Wildman–Crippen LogP) is 1.61. The van der Waals surface area contributed by atoms with Gasteiger partial charge < -0.3 is 5.32 Å². The maximum atomic E-state index is 12.9. The van der Waals surface area contributed by atoms with Crippen LogP contribution in [0.25, 0.3) is 0 Å². The Labute approximate surface area is 150 Å². The van der Waals surface area contributed by atoms with Gasteiger partial charge in [0.25, 0.3) is 0 Å². The third-order valence-electron chi connectivity index (χ3n) is 4.05. The number of ketones is 1. The maximum Gasteiger partial charge on any atom is 0.159 e. The van der Waals surface area contributed by atoms with E-state index in [1.807, 2.05) is 6.20 Å². The second-order valence-corrected chi connectivity index (χ2v) is 7.56. The molecule has 8 heteroatoms. The molecule has 1 saturated heterocycles. The summed E-state index contributed by atoms with van der Waals surface area (Å²) in [6.45, 7) is 5.25. The van der Waals surface area contributed by atoms with E-state index in [9.17, 15) is 9.18 Å². The lowest BCUT2D eigenvalue weighted by Gasteiger charge is -2.23. The molecule has 0 aliphatic carbocycles. The van der Waals surface area contributed by atoms with Crippen LogP contribution in [0, 0.1) is 5.82 Å². The predicted molar refractivity (Wildman–Crippen MR) is 93.9 cm³/mol. The van der Waals surface area contributed by atoms with E-state index < -0.39 is 5.82 Å². The lowest BCUT2D eigenvalue weighted by Crippen LogP contribution is -2.39. The van der Waals surface area contributed by atoms with Crippen molar-refractivity contribution in [3.63, 3.8) is 0 Å². The third kappa shape index (κ3) is 5.62. The van der Waals surface area contributed by atoms with Crippen LogP contribution in [-0.4, -0.2) is 51.3 Å². The summed E-state index contributed by atoms with van der Waals surface area (Å²) in [7, 11) is 0. The van der Waals surface area contributed by atoms with E-state index in [4.69, 9.17) is 0 Å². The number of rotatable bonds is 6. The molecule has 0 radical (unpaired) electrons. The minimum atomic E-state index is -0.411. The van der Waals surface area contributed by atoms with Crippen LogP contribution in [-0.2, 0) is 24.2 Å². The highest BCUT2D eigenvalue weighted by atomic mass is 32.1. The van der Waals surface area contributed by atoms with Crippen molar-refractivity contribution in [2.45, 2.75) is 38.8 Å². The molecule has 1 unspecified atom stereocenters. The normalized spacial score (nSPS) is 18.9. The summed E-state index contributed by atoms with van der Waals surface area (Å²) >= 11 is 1.61. The van der Waals surface area contributed by atoms with E-state index in [2.05, 4.69) is 25.2 Å². The molecular weight excluding hydrogens is 341 g/mol. The maximum absolute atomic E-state index is 12.9. The first-order chi connectivity index (χ1) is 12.1. The van der Waals surface area contributed by atoms with Crippen molar-refractivity contribution >= 4 is 17.1 Å². The average Bonchev–Trinajstić information content (AvgIpc) is 2.87. The molecule has 0 saturated carbocycles. The first-order valence-corrected chi connectivity index (χ1v) is 9.25. The van der Waals surface area contributed by atoms with Crippen LogP contribution in [0.1, 0.15) is 29.1 Å². The van der Waals surface area contributed by atoms with Gasteiger partial charge in [-0.15, -0.1) is 11.3 Å². The molecule has 0 bridgehead atoms. The van der Waals surface area contributed by atoms with Gasteiger partial charge in [-0.2, -0.15) is 0 Å². The lowest BCUT2D eigenvalue weighted by molar-refractivity contribution is -0.116. The van der Waals surface area contributed by atoms with Gasteiger partial charge in [-0.05, 0) is 26.4 Å². The zero-order valence-corrected chi connectivity index (χ0v) is 15.1. The zero-order valence-electron chi connectivity index (χ0n) is 14.2. The van der Waals surface area contributed by atoms with Gasteiger partial charge in [-0.1, -0.05) is 0 Å². The molecule has 2 aromatic rings. The smallest absolute Gasteiger partial charge is 0.159 e. The van der Waals surface area contributed by atoms with Crippen LogP contribution in [0.5, 0.6) is 0 Å². The van der Waals surface area contributed by atoms with E-state index in [1.165, 1.54) is 17.3 Å². The molecule has 1 fully saturated rings. The molecule has 134 valence electrons. The number of hydrogen-bond acceptors (Lipinski definition) is 7. The number of hydrogen-bond donors (Lipinski definition) is 1. The van der Waals surface area contributed by atoms with Crippen molar-refractivity contribution in [2.24, 2.45) is 0 Å². The summed E-state index contributed by atoms with van der Waals surface area (Å²) in [4.78, 5) is 27.2. The standard InChI is InChI=1S/C17H22FN5OS/c1-12(24)5-17-22-9-15(25-17)11-23-4-2-3-19-14(10-23)6-16-20-7-13(18)8-21-16/h7-9,14,19H,2-6,10-11H2,1H3. The topological polar surface area (TPSA) is 71.0 Å². The molecule has 0 aromatic carbocycles. The Morgan fingerprint density at radius 1 is 1.36 bits per heavy atom. The van der Waals surface area contributed by atoms with Crippen LogP contribution in [0.15, 0.2) is 18.6 Å². The molecule has 1 atom stereocenters. The highest BCUT2D eigenvalue weighted by Crippen LogP contribution is 2.17. The van der Waals surface area contributed by atoms with Crippen molar-refractivity contribution in [2.75, 3.05) is 19.6 Å². The Hall–Kier alpha value is -1.77. The molecular formula is C17H22FN5OS. The number of nitrogens with zero attached hydrogens (tertiary/aromatic N) is 4. The second kappa shape index (κ2) is 8.55.